The quantitative estimate of drug-likeness (QED) is 0.647. The molecule has 186 valence electrons. The van der Waals surface area contributed by atoms with Crippen LogP contribution in [0.1, 0.15) is 11.1 Å². The fraction of sp³-hybridized carbons (Fsp3) is 0.370. The molecular formula is C27H30N6O3. The summed E-state index contributed by atoms with van der Waals surface area (Å²) in [5, 5.41) is 0. The highest BCUT2D eigenvalue weighted by atomic mass is 16.5. The van der Waals surface area contributed by atoms with Gasteiger partial charge in [0.15, 0.2) is 12.2 Å². The van der Waals surface area contributed by atoms with Gasteiger partial charge in [0.05, 0.1) is 18.9 Å². The number of carbonyl (C=O) groups excluding carboxylic acids is 2. The number of rotatable bonds is 5. The zero-order chi connectivity index (χ0) is 24.8. The zero-order valence-corrected chi connectivity index (χ0v) is 20.6. The number of guanidine groups is 1. The molecule has 4 aliphatic heterocycles. The van der Waals surface area contributed by atoms with Gasteiger partial charge in [-0.2, -0.15) is 0 Å². The highest BCUT2D eigenvalue weighted by molar-refractivity contribution is 6.16. The van der Waals surface area contributed by atoms with Gasteiger partial charge < -0.3 is 9.64 Å². The summed E-state index contributed by atoms with van der Waals surface area (Å²) in [5.74, 6) is 0.459. The first-order valence-electron chi connectivity index (χ1n) is 12.4. The van der Waals surface area contributed by atoms with Gasteiger partial charge in [-0.05, 0) is 19.1 Å². The predicted octanol–water partition coefficient (Wildman–Crippen LogP) is 2.41. The minimum atomic E-state index is -0.596. The van der Waals surface area contributed by atoms with Crippen LogP contribution < -0.4 is 4.90 Å². The fourth-order valence-electron chi connectivity index (χ4n) is 5.27. The molecule has 3 amide bonds. The number of likely N-dealkylation sites (N-methyl/N-ethyl adjacent to an activating group) is 1. The summed E-state index contributed by atoms with van der Waals surface area (Å²) in [6.07, 6.45) is 1.43. The third kappa shape index (κ3) is 3.75. The normalized spacial score (nSPS) is 24.2. The average Bonchev–Trinajstić information content (AvgIpc) is 3.46. The smallest absolute Gasteiger partial charge is 0.328 e. The maximum absolute atomic E-state index is 13.8. The molecule has 0 saturated carbocycles. The summed E-state index contributed by atoms with van der Waals surface area (Å²) in [6, 6.07) is 17.5. The second-order valence-corrected chi connectivity index (χ2v) is 9.58. The summed E-state index contributed by atoms with van der Waals surface area (Å²) < 4.78 is 5.42. The molecule has 2 unspecified atom stereocenters. The van der Waals surface area contributed by atoms with Crippen molar-refractivity contribution in [2.75, 3.05) is 51.3 Å². The van der Waals surface area contributed by atoms with E-state index in [4.69, 9.17) is 9.73 Å². The largest absolute Gasteiger partial charge is 0.379 e. The molecule has 9 nitrogen and oxygen atoms in total. The molecule has 2 aromatic rings. The number of anilines is 1. The van der Waals surface area contributed by atoms with Crippen molar-refractivity contribution in [2.24, 2.45) is 4.99 Å². The number of imide groups is 1. The molecule has 36 heavy (non-hydrogen) atoms. The van der Waals surface area contributed by atoms with Crippen LogP contribution >= 0.6 is 0 Å². The molecule has 4 aliphatic rings. The number of hydrogen-bond acceptors (Lipinski definition) is 7. The van der Waals surface area contributed by atoms with Crippen molar-refractivity contribution < 1.29 is 14.3 Å². The Kier molecular flexibility index (Phi) is 5.73. The molecule has 4 heterocycles. The van der Waals surface area contributed by atoms with Crippen LogP contribution in [0.5, 0.6) is 0 Å². The Morgan fingerprint density at radius 3 is 2.42 bits per heavy atom. The van der Waals surface area contributed by atoms with E-state index < -0.39 is 12.2 Å². The zero-order valence-electron chi connectivity index (χ0n) is 20.6. The molecule has 0 radical (unpaired) electrons. The number of ether oxygens (including phenoxy) is 1. The van der Waals surface area contributed by atoms with Crippen LogP contribution in [0.25, 0.3) is 5.70 Å². The van der Waals surface area contributed by atoms with Crippen molar-refractivity contribution >= 4 is 29.3 Å². The lowest BCUT2D eigenvalue weighted by molar-refractivity contribution is -0.136. The number of hydrogen-bond donors (Lipinski definition) is 0. The Balaban J connectivity index is 1.33. The molecule has 9 heteroatoms. The van der Waals surface area contributed by atoms with Crippen molar-refractivity contribution in [1.29, 1.82) is 0 Å². The van der Waals surface area contributed by atoms with Crippen molar-refractivity contribution in [2.45, 2.75) is 19.1 Å². The monoisotopic (exact) mass is 486 g/mol. The van der Waals surface area contributed by atoms with E-state index in [1.54, 1.807) is 11.9 Å². The van der Waals surface area contributed by atoms with Crippen LogP contribution in [0.4, 0.5) is 10.5 Å². The molecule has 0 N–H and O–H groups in total. The number of morpholine rings is 1. The first kappa shape index (κ1) is 22.8. The second kappa shape index (κ2) is 9.07. The van der Waals surface area contributed by atoms with E-state index in [-0.39, 0.29) is 11.9 Å². The second-order valence-electron chi connectivity index (χ2n) is 9.58. The van der Waals surface area contributed by atoms with E-state index >= 15 is 0 Å². The van der Waals surface area contributed by atoms with Crippen LogP contribution in [0.15, 0.2) is 65.8 Å². The lowest BCUT2D eigenvalue weighted by Gasteiger charge is -2.40. The van der Waals surface area contributed by atoms with Crippen LogP contribution in [-0.2, 0) is 9.53 Å². The van der Waals surface area contributed by atoms with E-state index in [1.807, 2.05) is 29.3 Å². The van der Waals surface area contributed by atoms with Crippen LogP contribution in [-0.4, -0.2) is 96.1 Å². The fourth-order valence-corrected chi connectivity index (χ4v) is 5.27. The first-order chi connectivity index (χ1) is 17.5. The Hall–Kier alpha value is -3.69. The van der Waals surface area contributed by atoms with Crippen LogP contribution in [0.3, 0.4) is 0 Å². The number of aliphatic imine (C=N–C) groups is 1. The predicted molar refractivity (Wildman–Crippen MR) is 137 cm³/mol. The number of amides is 3. The van der Waals surface area contributed by atoms with E-state index in [2.05, 4.69) is 53.1 Å². The molecular weight excluding hydrogens is 456 g/mol. The summed E-state index contributed by atoms with van der Waals surface area (Å²) >= 11 is 0. The van der Waals surface area contributed by atoms with Crippen molar-refractivity contribution in [3.05, 3.63) is 71.9 Å². The van der Waals surface area contributed by atoms with Gasteiger partial charge in [0.25, 0.3) is 5.91 Å². The van der Waals surface area contributed by atoms with Crippen LogP contribution in [0, 0.1) is 6.92 Å². The molecule has 2 saturated heterocycles. The van der Waals surface area contributed by atoms with Gasteiger partial charge in [0, 0.05) is 50.7 Å². The van der Waals surface area contributed by atoms with Crippen LogP contribution in [0.2, 0.25) is 0 Å². The maximum Gasteiger partial charge on any atom is 0.328 e. The molecule has 0 aromatic heterocycles. The van der Waals surface area contributed by atoms with Gasteiger partial charge in [-0.25, -0.2) is 9.79 Å². The number of carbonyl (C=O) groups is 2. The Labute approximate surface area is 210 Å². The third-order valence-corrected chi connectivity index (χ3v) is 7.32. The van der Waals surface area contributed by atoms with Crippen molar-refractivity contribution in [1.82, 2.24) is 19.6 Å². The van der Waals surface area contributed by atoms with Gasteiger partial charge >= 0.3 is 6.03 Å². The topological polar surface area (TPSA) is 71.9 Å². The van der Waals surface area contributed by atoms with Gasteiger partial charge in [0.2, 0.25) is 5.96 Å². The number of benzene rings is 2. The summed E-state index contributed by atoms with van der Waals surface area (Å²) in [5.41, 5.74) is 4.10. The van der Waals surface area contributed by atoms with Gasteiger partial charge in [-0.1, -0.05) is 48.0 Å². The summed E-state index contributed by atoms with van der Waals surface area (Å²) in [7, 11) is 1.73. The molecule has 0 aliphatic carbocycles. The number of urea groups is 1. The summed E-state index contributed by atoms with van der Waals surface area (Å²) in [4.78, 5) is 41.2. The number of fused-ring (bicyclic) bond motifs is 3. The minimum absolute atomic E-state index is 0.204. The van der Waals surface area contributed by atoms with E-state index in [0.29, 0.717) is 32.3 Å². The van der Waals surface area contributed by atoms with E-state index in [0.717, 1.165) is 30.0 Å². The Morgan fingerprint density at radius 1 is 0.972 bits per heavy atom. The SMILES string of the molecule is Cc1ccc(N2C(c3ccccc3)=CN3C2=NC2C3C(=O)N(CCN3CCOCC3)C(=O)N2C)cc1. The minimum Gasteiger partial charge on any atom is -0.379 e. The highest BCUT2D eigenvalue weighted by Crippen LogP contribution is 2.40. The number of nitrogens with zero attached hydrogens (tertiary/aromatic N) is 6. The van der Waals surface area contributed by atoms with Gasteiger partial charge in [-0.15, -0.1) is 0 Å². The van der Waals surface area contributed by atoms with Crippen molar-refractivity contribution in [3.8, 4) is 0 Å². The summed E-state index contributed by atoms with van der Waals surface area (Å²) in [6.45, 7) is 6.03. The number of aryl methyl sites for hydroxylation is 1. The molecule has 2 aromatic carbocycles. The van der Waals surface area contributed by atoms with Gasteiger partial charge in [-0.3, -0.25) is 24.4 Å². The van der Waals surface area contributed by atoms with Crippen molar-refractivity contribution in [3.63, 3.8) is 0 Å². The lowest BCUT2D eigenvalue weighted by atomic mass is 10.1. The lowest BCUT2D eigenvalue weighted by Crippen LogP contribution is -2.65. The first-order valence-corrected chi connectivity index (χ1v) is 12.4. The van der Waals surface area contributed by atoms with E-state index in [9.17, 15) is 9.59 Å². The highest BCUT2D eigenvalue weighted by Gasteiger charge is 2.54. The van der Waals surface area contributed by atoms with Gasteiger partial charge in [0.1, 0.15) is 0 Å². The standard InChI is InChI=1S/C27H30N6O3/c1-19-8-10-21(11-9-19)33-22(20-6-4-3-5-7-20)18-32-23-24(28-26(32)33)29(2)27(35)31(25(23)34)13-12-30-14-16-36-17-15-30/h3-11,18,23-24H,12-17H2,1-2H3. The third-order valence-electron chi connectivity index (χ3n) is 7.32. The average molecular weight is 487 g/mol. The van der Waals surface area contributed by atoms with E-state index in [1.165, 1.54) is 10.5 Å². The molecule has 0 bridgehead atoms. The Morgan fingerprint density at radius 2 is 1.69 bits per heavy atom. The maximum atomic E-state index is 13.8. The Bertz CT molecular complexity index is 1220. The molecule has 0 spiro atoms. The molecule has 6 rings (SSSR count). The molecule has 2 fully saturated rings. The molecule has 2 atom stereocenters.